The number of hydrogen-bond donors (Lipinski definition) is 2. The molecule has 3 aromatic carbocycles. The lowest BCUT2D eigenvalue weighted by atomic mass is 9.93. The molecule has 2 aliphatic heterocycles. The minimum atomic E-state index is -2.83. The van der Waals surface area contributed by atoms with Crippen LogP contribution in [0.2, 0.25) is 5.04 Å². The molecule has 0 saturated carbocycles. The van der Waals surface area contributed by atoms with Gasteiger partial charge in [-0.15, -0.1) is 0 Å². The van der Waals surface area contributed by atoms with Gasteiger partial charge in [0.1, 0.15) is 18.3 Å². The minimum Gasteiger partial charge on any atom is -0.453 e. The van der Waals surface area contributed by atoms with Crippen molar-refractivity contribution in [2.45, 2.75) is 68.9 Å². The third-order valence-corrected chi connectivity index (χ3v) is 13.7. The summed E-state index contributed by atoms with van der Waals surface area (Å²) in [6.45, 7) is 6.49. The van der Waals surface area contributed by atoms with Crippen molar-refractivity contribution < 1.29 is 33.6 Å². The quantitative estimate of drug-likeness (QED) is 0.209. The molecule has 6 atom stereocenters. The van der Waals surface area contributed by atoms with E-state index in [4.69, 9.17) is 18.6 Å². The zero-order chi connectivity index (χ0) is 30.6. The number of ether oxygens (including phenoxy) is 3. The minimum absolute atomic E-state index is 0.214. The molecule has 0 unspecified atom stereocenters. The summed E-state index contributed by atoms with van der Waals surface area (Å²) in [5, 5.41) is 23.2. The van der Waals surface area contributed by atoms with Gasteiger partial charge in [-0.25, -0.2) is 4.79 Å². The summed E-state index contributed by atoms with van der Waals surface area (Å²) < 4.78 is 26.5. The second-order valence-corrected chi connectivity index (χ2v) is 17.3. The highest BCUT2D eigenvalue weighted by Crippen LogP contribution is 2.38. The monoisotopic (exact) mass is 666 g/mol. The highest BCUT2D eigenvalue weighted by Gasteiger charge is 2.52. The van der Waals surface area contributed by atoms with E-state index >= 15 is 0 Å². The van der Waals surface area contributed by atoms with E-state index in [2.05, 4.69) is 61.0 Å². The average Bonchev–Trinajstić information content (AvgIpc) is 3.21. The Morgan fingerprint density at radius 2 is 1.56 bits per heavy atom. The predicted octanol–water partition coefficient (Wildman–Crippen LogP) is 4.39. The highest BCUT2D eigenvalue weighted by atomic mass is 79.9. The Morgan fingerprint density at radius 3 is 2.12 bits per heavy atom. The van der Waals surface area contributed by atoms with Gasteiger partial charge in [0.15, 0.2) is 6.10 Å². The Kier molecular flexibility index (Phi) is 10.0. The first kappa shape index (κ1) is 31.8. The number of benzene rings is 3. The van der Waals surface area contributed by atoms with Crippen molar-refractivity contribution >= 4 is 40.6 Å². The fourth-order valence-corrected chi connectivity index (χ4v) is 10.9. The summed E-state index contributed by atoms with van der Waals surface area (Å²) >= 11 is 3.38. The first-order chi connectivity index (χ1) is 20.6. The summed E-state index contributed by atoms with van der Waals surface area (Å²) in [4.78, 5) is 13.1. The Labute approximate surface area is 262 Å². The van der Waals surface area contributed by atoms with Gasteiger partial charge in [0.25, 0.3) is 8.32 Å². The lowest BCUT2D eigenvalue weighted by Gasteiger charge is -2.45. The molecule has 5 rings (SSSR count). The zero-order valence-electron chi connectivity index (χ0n) is 24.6. The summed E-state index contributed by atoms with van der Waals surface area (Å²) in [5.74, 6) is -0.588. The maximum Gasteiger partial charge on any atom is 0.338 e. The smallest absolute Gasteiger partial charge is 0.338 e. The number of hydrogen-bond acceptors (Lipinski definition) is 7. The molecule has 2 N–H and O–H groups in total. The molecule has 7 nitrogen and oxygen atoms in total. The highest BCUT2D eigenvalue weighted by molar-refractivity contribution is 9.10. The van der Waals surface area contributed by atoms with Gasteiger partial charge in [-0.3, -0.25) is 0 Å². The largest absolute Gasteiger partial charge is 0.453 e. The molecule has 1 fully saturated rings. The number of esters is 1. The maximum atomic E-state index is 13.1. The standard InChI is InChI=1S/C34H39BrO7Si/c1-34(2,3)43(26-12-6-4-7-13-26,27-14-8-5-9-15-27)39-22-25-11-10-16-28-31(40-25)32(30(37)29(21-36)41-28)42-33(38)23-17-19-24(35)20-18-23/h4-15,17-20,25,28-32,36-37H,16,21-22H2,1-3H3/t25-,28+,29-,30-,31+,32+/m1/s1. The third kappa shape index (κ3) is 6.73. The van der Waals surface area contributed by atoms with Crippen molar-refractivity contribution in [1.29, 1.82) is 0 Å². The van der Waals surface area contributed by atoms with Crippen LogP contribution in [0.4, 0.5) is 0 Å². The van der Waals surface area contributed by atoms with Gasteiger partial charge in [-0.1, -0.05) is 110 Å². The van der Waals surface area contributed by atoms with E-state index in [0.29, 0.717) is 12.0 Å². The third-order valence-electron chi connectivity index (χ3n) is 8.19. The van der Waals surface area contributed by atoms with Crippen molar-refractivity contribution in [1.82, 2.24) is 0 Å². The molecule has 43 heavy (non-hydrogen) atoms. The molecule has 3 aromatic rings. The molecule has 0 amide bonds. The first-order valence-electron chi connectivity index (χ1n) is 14.6. The second-order valence-electron chi connectivity index (χ2n) is 12.0. The lowest BCUT2D eigenvalue weighted by molar-refractivity contribution is -0.245. The molecule has 1 saturated heterocycles. The molecule has 0 spiro atoms. The molecule has 2 heterocycles. The van der Waals surface area contributed by atoms with E-state index in [-0.39, 0.29) is 11.6 Å². The van der Waals surface area contributed by atoms with Gasteiger partial charge in [-0.2, -0.15) is 0 Å². The molecule has 228 valence electrons. The van der Waals surface area contributed by atoms with Crippen LogP contribution in [0.5, 0.6) is 0 Å². The average molecular weight is 668 g/mol. The number of rotatable bonds is 8. The SMILES string of the molecule is CC(C)(C)[Si](OC[C@H]1C=CC[C@@H]2O[C@H](CO)[C@@H](O)[C@H](OC(=O)c3ccc(Br)cc3)[C@H]2O1)(c1ccccc1)c1ccccc1. The molecule has 2 aliphatic rings. The van der Waals surface area contributed by atoms with Crippen LogP contribution in [-0.2, 0) is 18.6 Å². The van der Waals surface area contributed by atoms with Crippen LogP contribution in [0.1, 0.15) is 37.6 Å². The fraction of sp³-hybridized carbons (Fsp3) is 0.382. The molecular weight excluding hydrogens is 628 g/mol. The van der Waals surface area contributed by atoms with Crippen molar-refractivity contribution in [2.75, 3.05) is 13.2 Å². The van der Waals surface area contributed by atoms with E-state index in [0.717, 1.165) is 14.8 Å². The predicted molar refractivity (Wildman–Crippen MR) is 171 cm³/mol. The summed E-state index contributed by atoms with van der Waals surface area (Å²) in [7, 11) is -2.83. The van der Waals surface area contributed by atoms with Crippen LogP contribution in [0.25, 0.3) is 0 Å². The lowest BCUT2D eigenvalue weighted by Crippen LogP contribution is -2.67. The van der Waals surface area contributed by atoms with Gasteiger partial charge >= 0.3 is 5.97 Å². The summed E-state index contributed by atoms with van der Waals surface area (Å²) in [6, 6.07) is 27.6. The van der Waals surface area contributed by atoms with E-state index in [1.165, 1.54) is 0 Å². The van der Waals surface area contributed by atoms with Crippen molar-refractivity contribution in [3.8, 4) is 0 Å². The van der Waals surface area contributed by atoms with Crippen LogP contribution < -0.4 is 10.4 Å². The fourth-order valence-electron chi connectivity index (χ4n) is 6.10. The molecular formula is C34H39BrO7Si. The Hall–Kier alpha value is -2.63. The second kappa shape index (κ2) is 13.6. The van der Waals surface area contributed by atoms with Crippen LogP contribution in [-0.4, -0.2) is 74.3 Å². The van der Waals surface area contributed by atoms with Gasteiger partial charge in [0.05, 0.1) is 31.0 Å². The molecule has 0 aromatic heterocycles. The Bertz CT molecular complexity index is 1340. The number of aliphatic hydroxyl groups is 2. The molecule has 0 bridgehead atoms. The normalized spacial score (nSPS) is 25.9. The number of carbonyl (C=O) groups excluding carboxylic acids is 1. The number of halogens is 1. The zero-order valence-corrected chi connectivity index (χ0v) is 27.2. The summed E-state index contributed by atoms with van der Waals surface area (Å²) in [6.07, 6.45) is -0.646. The first-order valence-corrected chi connectivity index (χ1v) is 17.3. The van der Waals surface area contributed by atoms with Crippen LogP contribution in [0, 0.1) is 0 Å². The molecule has 0 aliphatic carbocycles. The maximum absolute atomic E-state index is 13.1. The van der Waals surface area contributed by atoms with Crippen molar-refractivity contribution in [2.24, 2.45) is 0 Å². The number of carbonyl (C=O) groups is 1. The van der Waals surface area contributed by atoms with Crippen LogP contribution in [0.3, 0.4) is 0 Å². The van der Waals surface area contributed by atoms with Crippen molar-refractivity contribution in [3.63, 3.8) is 0 Å². The van der Waals surface area contributed by atoms with Gasteiger partial charge in [0, 0.05) is 4.47 Å². The number of fused-ring (bicyclic) bond motifs is 1. The Balaban J connectivity index is 1.43. The van der Waals surface area contributed by atoms with E-state index < -0.39 is 57.5 Å². The molecule has 0 radical (unpaired) electrons. The van der Waals surface area contributed by atoms with E-state index in [1.54, 1.807) is 24.3 Å². The van der Waals surface area contributed by atoms with Crippen LogP contribution >= 0.6 is 15.9 Å². The summed E-state index contributed by atoms with van der Waals surface area (Å²) in [5.41, 5.74) is 0.345. The van der Waals surface area contributed by atoms with Gasteiger partial charge in [-0.05, 0) is 46.1 Å². The van der Waals surface area contributed by atoms with E-state index in [1.807, 2.05) is 48.6 Å². The van der Waals surface area contributed by atoms with Gasteiger partial charge in [0.2, 0.25) is 0 Å². The Morgan fingerprint density at radius 1 is 0.953 bits per heavy atom. The topological polar surface area (TPSA) is 94.5 Å². The van der Waals surface area contributed by atoms with Crippen LogP contribution in [0.15, 0.2) is 102 Å². The number of aliphatic hydroxyl groups excluding tert-OH is 2. The molecule has 9 heteroatoms. The van der Waals surface area contributed by atoms with Crippen molar-refractivity contribution in [3.05, 3.63) is 107 Å². The van der Waals surface area contributed by atoms with Gasteiger partial charge < -0.3 is 28.8 Å². The van der Waals surface area contributed by atoms with E-state index in [9.17, 15) is 15.0 Å².